The van der Waals surface area contributed by atoms with Crippen molar-refractivity contribution >= 4 is 46.5 Å². The summed E-state index contributed by atoms with van der Waals surface area (Å²) in [5.74, 6) is -1.81. The topological polar surface area (TPSA) is 91.8 Å². The van der Waals surface area contributed by atoms with Crippen LogP contribution in [0.25, 0.3) is 11.1 Å². The molecule has 2 unspecified atom stereocenters. The molecule has 0 saturated carbocycles. The highest BCUT2D eigenvalue weighted by atomic mass is 35.5. The van der Waals surface area contributed by atoms with E-state index in [-0.39, 0.29) is 70.1 Å². The lowest BCUT2D eigenvalue weighted by Crippen LogP contribution is -2.59. The number of carboxylic acid groups (broad SMARTS) is 1. The van der Waals surface area contributed by atoms with Crippen molar-refractivity contribution < 1.29 is 33.3 Å². The summed E-state index contributed by atoms with van der Waals surface area (Å²) in [6.07, 6.45) is 1.88. The summed E-state index contributed by atoms with van der Waals surface area (Å²) < 4.78 is 32.9. The lowest BCUT2D eigenvalue weighted by molar-refractivity contribution is 0.0459. The maximum absolute atomic E-state index is 15.7. The summed E-state index contributed by atoms with van der Waals surface area (Å²) >= 11 is 13.3. The van der Waals surface area contributed by atoms with Gasteiger partial charge in [-0.25, -0.2) is 9.18 Å². The Morgan fingerprint density at radius 3 is 2.40 bits per heavy atom. The van der Waals surface area contributed by atoms with E-state index in [4.69, 9.17) is 37.4 Å². The van der Waals surface area contributed by atoms with E-state index in [1.165, 1.54) is 4.90 Å². The summed E-state index contributed by atoms with van der Waals surface area (Å²) in [6.45, 7) is 3.83. The number of ether oxygens (including phenoxy) is 3. The van der Waals surface area contributed by atoms with E-state index in [0.29, 0.717) is 42.3 Å². The Bertz CT molecular complexity index is 1670. The maximum atomic E-state index is 15.7. The number of methoxy groups -OCH3 is 1. The van der Waals surface area contributed by atoms with Crippen molar-refractivity contribution in [2.75, 3.05) is 43.4 Å². The van der Waals surface area contributed by atoms with Crippen LogP contribution in [0.2, 0.25) is 10.0 Å². The van der Waals surface area contributed by atoms with Crippen LogP contribution in [0.4, 0.5) is 15.8 Å². The summed E-state index contributed by atoms with van der Waals surface area (Å²) in [7, 11) is 1.68. The van der Waals surface area contributed by atoms with Crippen LogP contribution in [0.15, 0.2) is 42.5 Å². The van der Waals surface area contributed by atoms with Crippen molar-refractivity contribution in [1.29, 1.82) is 0 Å². The third-order valence-corrected chi connectivity index (χ3v) is 10.1. The molecule has 0 radical (unpaired) electrons. The fraction of sp³-hybridized carbons (Fsp3) is 0.394. The second-order valence-corrected chi connectivity index (χ2v) is 12.8. The Balaban J connectivity index is 1.18. The number of para-hydroxylation sites is 1. The second kappa shape index (κ2) is 11.7. The minimum absolute atomic E-state index is 0.0324. The van der Waals surface area contributed by atoms with Gasteiger partial charge in [-0.2, -0.15) is 0 Å². The van der Waals surface area contributed by atoms with Gasteiger partial charge in [0, 0.05) is 36.0 Å². The molecule has 0 spiro atoms. The molecule has 3 fully saturated rings. The van der Waals surface area contributed by atoms with Gasteiger partial charge in [-0.05, 0) is 44.0 Å². The van der Waals surface area contributed by atoms with E-state index in [1.54, 1.807) is 37.4 Å². The number of morpholine rings is 1. The highest BCUT2D eigenvalue weighted by Crippen LogP contribution is 2.43. The van der Waals surface area contributed by atoms with Crippen molar-refractivity contribution in [3.05, 3.63) is 75.0 Å². The first-order valence-electron chi connectivity index (χ1n) is 14.9. The minimum Gasteiger partial charge on any atom is -0.478 e. The first-order valence-corrected chi connectivity index (χ1v) is 15.7. The third-order valence-electron chi connectivity index (χ3n) is 9.52. The Kier molecular flexibility index (Phi) is 7.80. The number of halogens is 3. The fourth-order valence-corrected chi connectivity index (χ4v) is 7.70. The van der Waals surface area contributed by atoms with Crippen LogP contribution in [-0.4, -0.2) is 79.7 Å². The van der Waals surface area contributed by atoms with Crippen molar-refractivity contribution in [2.24, 2.45) is 0 Å². The molecule has 7 rings (SSSR count). The molecule has 4 heterocycles. The van der Waals surface area contributed by atoms with E-state index in [2.05, 4.69) is 16.7 Å². The molecule has 9 nitrogen and oxygen atoms in total. The predicted molar refractivity (Wildman–Crippen MR) is 168 cm³/mol. The molecule has 3 aromatic rings. The first kappa shape index (κ1) is 30.1. The zero-order valence-electron chi connectivity index (χ0n) is 24.8. The summed E-state index contributed by atoms with van der Waals surface area (Å²) in [4.78, 5) is 31.6. The van der Waals surface area contributed by atoms with Gasteiger partial charge in [0.05, 0.1) is 70.8 Å². The normalized spacial score (nSPS) is 23.8. The van der Waals surface area contributed by atoms with Gasteiger partial charge in [-0.3, -0.25) is 4.79 Å². The number of carbonyl (C=O) groups excluding carboxylic acids is 1. The van der Waals surface area contributed by atoms with Gasteiger partial charge in [-0.15, -0.1) is 0 Å². The molecule has 2 bridgehead atoms. The van der Waals surface area contributed by atoms with Gasteiger partial charge in [0.15, 0.2) is 6.73 Å². The molecule has 0 aliphatic carbocycles. The summed E-state index contributed by atoms with van der Waals surface area (Å²) in [5, 5.41) is 10.4. The standard InChI is InChI=1S/C33H32Cl2FN3O6/c1-17-29(43-2)13-38(17)21-8-25(34)30(26(35)9-21)32(40)37-12-18-4-3-5-22(31(18)45-16-37)23-11-28(24(33(41)42)10-27(23)36)39-19-6-7-20(39)15-44-14-19/h3-5,8-11,17,19-20,29H,6-7,12-16H2,1-2H3,(H,41,42)/t17-,19?,20?,29-/m1/s1. The number of hydrogen-bond donors (Lipinski definition) is 1. The molecule has 4 atom stereocenters. The van der Waals surface area contributed by atoms with Crippen LogP contribution < -0.4 is 14.5 Å². The highest BCUT2D eigenvalue weighted by Gasteiger charge is 2.40. The lowest BCUT2D eigenvalue weighted by Gasteiger charge is -2.47. The predicted octanol–water partition coefficient (Wildman–Crippen LogP) is 6.08. The molecular weight excluding hydrogens is 624 g/mol. The van der Waals surface area contributed by atoms with Crippen LogP contribution in [-0.2, 0) is 16.0 Å². The SMILES string of the molecule is CO[C@@H]1CN(c2cc(Cl)c(C(=O)N3COc4c(cccc4-c4cc(N5C6CCC5COC6)c(C(=O)O)cc4F)C3)c(Cl)c2)[C@@H]1C. The number of fused-ring (bicyclic) bond motifs is 3. The second-order valence-electron chi connectivity index (χ2n) is 12.0. The average molecular weight is 657 g/mol. The number of hydrogen-bond acceptors (Lipinski definition) is 7. The molecule has 3 aromatic carbocycles. The van der Waals surface area contributed by atoms with E-state index in [1.807, 2.05) is 6.07 Å². The summed E-state index contributed by atoms with van der Waals surface area (Å²) in [6, 6.07) is 11.7. The third kappa shape index (κ3) is 5.08. The number of carbonyl (C=O) groups is 2. The van der Waals surface area contributed by atoms with E-state index in [9.17, 15) is 14.7 Å². The Morgan fingerprint density at radius 1 is 1.04 bits per heavy atom. The van der Waals surface area contributed by atoms with E-state index in [0.717, 1.165) is 24.6 Å². The molecule has 4 aliphatic heterocycles. The monoisotopic (exact) mass is 655 g/mol. The van der Waals surface area contributed by atoms with Crippen molar-refractivity contribution in [3.8, 4) is 16.9 Å². The zero-order valence-corrected chi connectivity index (χ0v) is 26.3. The van der Waals surface area contributed by atoms with E-state index < -0.39 is 11.8 Å². The van der Waals surface area contributed by atoms with E-state index >= 15 is 4.39 Å². The Labute approximate surface area is 270 Å². The molecular formula is C33H32Cl2FN3O6. The minimum atomic E-state index is -1.19. The van der Waals surface area contributed by atoms with Crippen LogP contribution in [0.3, 0.4) is 0 Å². The molecule has 236 valence electrons. The van der Waals surface area contributed by atoms with Gasteiger partial charge in [-0.1, -0.05) is 41.4 Å². The van der Waals surface area contributed by atoms with Gasteiger partial charge in [0.25, 0.3) is 5.91 Å². The summed E-state index contributed by atoms with van der Waals surface area (Å²) in [5.41, 5.74) is 2.77. The maximum Gasteiger partial charge on any atom is 0.337 e. The van der Waals surface area contributed by atoms with Crippen molar-refractivity contribution in [3.63, 3.8) is 0 Å². The number of nitrogens with zero attached hydrogens (tertiary/aromatic N) is 3. The molecule has 3 saturated heterocycles. The van der Waals surface area contributed by atoms with Crippen LogP contribution in [0.5, 0.6) is 5.75 Å². The van der Waals surface area contributed by atoms with Crippen molar-refractivity contribution in [2.45, 2.75) is 50.5 Å². The molecule has 4 aliphatic rings. The molecule has 12 heteroatoms. The quantitative estimate of drug-likeness (QED) is 0.342. The van der Waals surface area contributed by atoms with Crippen LogP contribution in [0.1, 0.15) is 46.0 Å². The van der Waals surface area contributed by atoms with Crippen molar-refractivity contribution in [1.82, 2.24) is 4.90 Å². The van der Waals surface area contributed by atoms with Gasteiger partial charge < -0.3 is 34.0 Å². The largest absolute Gasteiger partial charge is 0.478 e. The Morgan fingerprint density at radius 2 is 1.76 bits per heavy atom. The number of aromatic carboxylic acids is 1. The number of anilines is 2. The lowest BCUT2D eigenvalue weighted by atomic mass is 9.96. The van der Waals surface area contributed by atoms with Crippen LogP contribution >= 0.6 is 23.2 Å². The number of rotatable bonds is 6. The fourth-order valence-electron chi connectivity index (χ4n) is 7.07. The first-order chi connectivity index (χ1) is 21.7. The number of amides is 1. The van der Waals surface area contributed by atoms with Crippen LogP contribution in [0, 0.1) is 5.82 Å². The molecule has 1 N–H and O–H groups in total. The van der Waals surface area contributed by atoms with Gasteiger partial charge >= 0.3 is 5.97 Å². The highest BCUT2D eigenvalue weighted by molar-refractivity contribution is 6.40. The Hall–Kier alpha value is -3.57. The molecule has 1 amide bonds. The van der Waals surface area contributed by atoms with Gasteiger partial charge in [0.1, 0.15) is 11.6 Å². The number of benzene rings is 3. The average Bonchev–Trinajstić information content (AvgIpc) is 3.26. The molecule has 0 aromatic heterocycles. The number of carboxylic acids is 1. The smallest absolute Gasteiger partial charge is 0.337 e. The zero-order chi connectivity index (χ0) is 31.6. The molecule has 45 heavy (non-hydrogen) atoms. The van der Waals surface area contributed by atoms with Gasteiger partial charge in [0.2, 0.25) is 0 Å².